The fourth-order valence-electron chi connectivity index (χ4n) is 3.56. The van der Waals surface area contributed by atoms with Crippen molar-refractivity contribution in [2.24, 2.45) is 5.41 Å². The maximum Gasteiger partial charge on any atom is 0.0107 e. The lowest BCUT2D eigenvalue weighted by Gasteiger charge is -2.44. The van der Waals surface area contributed by atoms with Gasteiger partial charge in [-0.15, -0.1) is 0 Å². The minimum absolute atomic E-state index is 0.629. The van der Waals surface area contributed by atoms with Gasteiger partial charge in [-0.3, -0.25) is 0 Å². The van der Waals surface area contributed by atoms with Crippen LogP contribution < -0.4 is 5.32 Å². The lowest BCUT2D eigenvalue weighted by atomic mass is 9.68. The van der Waals surface area contributed by atoms with Gasteiger partial charge in [-0.1, -0.05) is 33.1 Å². The minimum atomic E-state index is 0.629. The molecular weight excluding hydrogens is 208 g/mol. The first kappa shape index (κ1) is 13.4. The van der Waals surface area contributed by atoms with Crippen LogP contribution in [0.15, 0.2) is 0 Å². The summed E-state index contributed by atoms with van der Waals surface area (Å²) in [5, 5.41) is 3.52. The van der Waals surface area contributed by atoms with Crippen molar-refractivity contribution >= 4 is 0 Å². The van der Waals surface area contributed by atoms with E-state index in [1.165, 1.54) is 64.6 Å². The lowest BCUT2D eigenvalue weighted by Crippen LogP contribution is -2.44. The number of rotatable bonds is 4. The molecular formula is C15H30N2. The SMILES string of the molecule is CC(C)NCCN1CCC2(CCCCC2)CC1. The predicted molar refractivity (Wildman–Crippen MR) is 74.3 cm³/mol. The fourth-order valence-corrected chi connectivity index (χ4v) is 3.56. The number of piperidine rings is 1. The van der Waals surface area contributed by atoms with Crippen LogP contribution in [-0.4, -0.2) is 37.1 Å². The van der Waals surface area contributed by atoms with Crippen LogP contribution in [-0.2, 0) is 0 Å². The molecule has 0 amide bonds. The molecule has 2 aliphatic rings. The summed E-state index contributed by atoms with van der Waals surface area (Å²) in [6.45, 7) is 9.55. The van der Waals surface area contributed by atoms with Crippen LogP contribution in [0, 0.1) is 5.41 Å². The van der Waals surface area contributed by atoms with Gasteiger partial charge in [-0.25, -0.2) is 0 Å². The van der Waals surface area contributed by atoms with Gasteiger partial charge >= 0.3 is 0 Å². The van der Waals surface area contributed by atoms with Crippen LogP contribution in [0.25, 0.3) is 0 Å². The van der Waals surface area contributed by atoms with Gasteiger partial charge in [-0.05, 0) is 44.2 Å². The van der Waals surface area contributed by atoms with E-state index in [1.54, 1.807) is 0 Å². The van der Waals surface area contributed by atoms with Crippen molar-refractivity contribution in [1.29, 1.82) is 0 Å². The van der Waals surface area contributed by atoms with Crippen molar-refractivity contribution in [2.45, 2.75) is 64.8 Å². The molecule has 1 saturated carbocycles. The van der Waals surface area contributed by atoms with Crippen LogP contribution in [0.5, 0.6) is 0 Å². The second kappa shape index (κ2) is 6.19. The normalized spacial score (nSPS) is 25.6. The fraction of sp³-hybridized carbons (Fsp3) is 1.00. The summed E-state index contributed by atoms with van der Waals surface area (Å²) >= 11 is 0. The molecule has 0 aromatic carbocycles. The average Bonchev–Trinajstić information content (AvgIpc) is 2.33. The van der Waals surface area contributed by atoms with E-state index >= 15 is 0 Å². The Morgan fingerprint density at radius 1 is 1.00 bits per heavy atom. The molecule has 2 heteroatoms. The Bertz CT molecular complexity index is 209. The van der Waals surface area contributed by atoms with Crippen molar-refractivity contribution in [3.05, 3.63) is 0 Å². The van der Waals surface area contributed by atoms with E-state index in [9.17, 15) is 0 Å². The van der Waals surface area contributed by atoms with E-state index < -0.39 is 0 Å². The smallest absolute Gasteiger partial charge is 0.0107 e. The monoisotopic (exact) mass is 238 g/mol. The van der Waals surface area contributed by atoms with Gasteiger partial charge in [0.15, 0.2) is 0 Å². The summed E-state index contributed by atoms with van der Waals surface area (Å²) in [4.78, 5) is 2.66. The van der Waals surface area contributed by atoms with Crippen LogP contribution >= 0.6 is 0 Å². The van der Waals surface area contributed by atoms with Crippen molar-refractivity contribution in [2.75, 3.05) is 26.2 Å². The molecule has 0 atom stereocenters. The Hall–Kier alpha value is -0.0800. The number of hydrogen-bond acceptors (Lipinski definition) is 2. The summed E-state index contributed by atoms with van der Waals surface area (Å²) in [6.07, 6.45) is 10.5. The van der Waals surface area contributed by atoms with Crippen molar-refractivity contribution in [3.63, 3.8) is 0 Å². The molecule has 2 nitrogen and oxygen atoms in total. The van der Waals surface area contributed by atoms with Gasteiger partial charge in [0, 0.05) is 19.1 Å². The molecule has 100 valence electrons. The summed E-state index contributed by atoms with van der Waals surface area (Å²) in [5.41, 5.74) is 0.764. The number of likely N-dealkylation sites (tertiary alicyclic amines) is 1. The highest BCUT2D eigenvalue weighted by atomic mass is 15.1. The Balaban J connectivity index is 1.66. The van der Waals surface area contributed by atoms with E-state index in [1.807, 2.05) is 0 Å². The second-order valence-electron chi connectivity index (χ2n) is 6.51. The van der Waals surface area contributed by atoms with E-state index in [4.69, 9.17) is 0 Å². The number of nitrogens with zero attached hydrogens (tertiary/aromatic N) is 1. The summed E-state index contributed by atoms with van der Waals surface area (Å²) in [7, 11) is 0. The molecule has 1 spiro atoms. The predicted octanol–water partition coefficient (Wildman–Crippen LogP) is 3.03. The molecule has 1 heterocycles. The molecule has 17 heavy (non-hydrogen) atoms. The third kappa shape index (κ3) is 3.96. The van der Waals surface area contributed by atoms with Crippen molar-refractivity contribution in [3.8, 4) is 0 Å². The first-order chi connectivity index (χ1) is 8.20. The molecule has 1 saturated heterocycles. The van der Waals surface area contributed by atoms with Crippen LogP contribution in [0.2, 0.25) is 0 Å². The summed E-state index contributed by atoms with van der Waals surface area (Å²) in [5.74, 6) is 0. The second-order valence-corrected chi connectivity index (χ2v) is 6.51. The van der Waals surface area contributed by atoms with Gasteiger partial charge in [0.05, 0.1) is 0 Å². The zero-order valence-electron chi connectivity index (χ0n) is 11.8. The Kier molecular flexibility index (Phi) is 4.87. The van der Waals surface area contributed by atoms with Crippen molar-refractivity contribution in [1.82, 2.24) is 10.2 Å². The minimum Gasteiger partial charge on any atom is -0.313 e. The lowest BCUT2D eigenvalue weighted by molar-refractivity contribution is 0.0681. The van der Waals surface area contributed by atoms with Crippen LogP contribution in [0.3, 0.4) is 0 Å². The van der Waals surface area contributed by atoms with E-state index in [0.29, 0.717) is 6.04 Å². The van der Waals surface area contributed by atoms with Crippen LogP contribution in [0.1, 0.15) is 58.8 Å². The molecule has 1 aliphatic carbocycles. The van der Waals surface area contributed by atoms with E-state index in [2.05, 4.69) is 24.1 Å². The zero-order valence-corrected chi connectivity index (χ0v) is 11.8. The molecule has 1 aliphatic heterocycles. The van der Waals surface area contributed by atoms with Gasteiger partial charge in [0.25, 0.3) is 0 Å². The maximum absolute atomic E-state index is 3.52. The maximum atomic E-state index is 3.52. The Morgan fingerprint density at radius 2 is 1.65 bits per heavy atom. The first-order valence-corrected chi connectivity index (χ1v) is 7.66. The van der Waals surface area contributed by atoms with Crippen molar-refractivity contribution < 1.29 is 0 Å². The van der Waals surface area contributed by atoms with E-state index in [-0.39, 0.29) is 0 Å². The van der Waals surface area contributed by atoms with Gasteiger partial charge in [0.2, 0.25) is 0 Å². The molecule has 2 rings (SSSR count). The number of hydrogen-bond donors (Lipinski definition) is 1. The van der Waals surface area contributed by atoms with Crippen LogP contribution in [0.4, 0.5) is 0 Å². The summed E-state index contributed by atoms with van der Waals surface area (Å²) < 4.78 is 0. The largest absolute Gasteiger partial charge is 0.313 e. The highest BCUT2D eigenvalue weighted by Gasteiger charge is 2.35. The molecule has 1 N–H and O–H groups in total. The molecule has 0 aromatic rings. The van der Waals surface area contributed by atoms with E-state index in [0.717, 1.165) is 12.0 Å². The van der Waals surface area contributed by atoms with Gasteiger partial charge < -0.3 is 10.2 Å². The van der Waals surface area contributed by atoms with Gasteiger partial charge in [-0.2, -0.15) is 0 Å². The standard InChI is InChI=1S/C15H30N2/c1-14(2)16-10-13-17-11-8-15(9-12-17)6-4-3-5-7-15/h14,16H,3-13H2,1-2H3. The first-order valence-electron chi connectivity index (χ1n) is 7.66. The zero-order chi connectivity index (χ0) is 12.1. The highest BCUT2D eigenvalue weighted by molar-refractivity contribution is 4.88. The van der Waals surface area contributed by atoms with Gasteiger partial charge in [0.1, 0.15) is 0 Å². The third-order valence-corrected chi connectivity index (χ3v) is 4.81. The quantitative estimate of drug-likeness (QED) is 0.810. The average molecular weight is 238 g/mol. The topological polar surface area (TPSA) is 15.3 Å². The molecule has 0 radical (unpaired) electrons. The Morgan fingerprint density at radius 3 is 2.24 bits per heavy atom. The molecule has 0 bridgehead atoms. The summed E-state index contributed by atoms with van der Waals surface area (Å²) in [6, 6.07) is 0.629. The molecule has 2 fully saturated rings. The third-order valence-electron chi connectivity index (χ3n) is 4.81. The molecule has 0 aromatic heterocycles. The molecule has 0 unspecified atom stereocenters. The number of nitrogens with one attached hydrogen (secondary N) is 1. The highest BCUT2D eigenvalue weighted by Crippen LogP contribution is 2.44. The Labute approximate surface area is 107 Å².